The second kappa shape index (κ2) is 5.24. The van der Waals surface area contributed by atoms with Gasteiger partial charge in [0.25, 0.3) is 5.43 Å². The van der Waals surface area contributed by atoms with E-state index in [0.717, 1.165) is 23.0 Å². The lowest BCUT2D eigenvalue weighted by Gasteiger charge is -2.07. The number of nitrogens with zero attached hydrogens (tertiary/aromatic N) is 4. The number of aromatic nitrogens is 3. The molecule has 0 aliphatic rings. The van der Waals surface area contributed by atoms with Crippen molar-refractivity contribution in [3.05, 3.63) is 55.0 Å². The Kier molecular flexibility index (Phi) is 3.77. The fraction of sp³-hybridized carbons (Fsp3) is 0.100. The Morgan fingerprint density at radius 1 is 1.24 bits per heavy atom. The first-order valence-electron chi connectivity index (χ1n) is 5.17. The molecule has 0 spiro atoms. The molecular weight excluding hydrogens is 361 g/mol. The van der Waals surface area contributed by atoms with E-state index in [4.69, 9.17) is 0 Å². The van der Waals surface area contributed by atoms with Gasteiger partial charge >= 0.3 is 11.9 Å². The van der Waals surface area contributed by atoms with Gasteiger partial charge in [0.15, 0.2) is 11.5 Å². The van der Waals surface area contributed by atoms with Crippen LogP contribution >= 0.6 is 15.9 Å². The molecule has 0 saturated carbocycles. The summed E-state index contributed by atoms with van der Waals surface area (Å²) in [6, 6.07) is 1.66. The summed E-state index contributed by atoms with van der Waals surface area (Å²) in [7, 11) is 0. The molecule has 0 bridgehead atoms. The minimum atomic E-state index is -4.64. The Bertz CT molecular complexity index is 758. The summed E-state index contributed by atoms with van der Waals surface area (Å²) in [4.78, 5) is 21.3. The number of nitro groups is 1. The van der Waals surface area contributed by atoms with Crippen LogP contribution in [0, 0.1) is 10.1 Å². The average Bonchev–Trinajstić information content (AvgIpc) is 2.40. The Labute approximate surface area is 122 Å². The maximum atomic E-state index is 12.4. The molecule has 0 N–H and O–H groups in total. The van der Waals surface area contributed by atoms with Crippen LogP contribution < -0.4 is 5.43 Å². The molecule has 110 valence electrons. The van der Waals surface area contributed by atoms with Gasteiger partial charge in [-0.15, -0.1) is 10.2 Å². The van der Waals surface area contributed by atoms with Crippen molar-refractivity contribution in [2.75, 3.05) is 0 Å². The van der Waals surface area contributed by atoms with E-state index >= 15 is 0 Å². The summed E-state index contributed by atoms with van der Waals surface area (Å²) >= 11 is 2.84. The largest absolute Gasteiger partial charge is 0.435 e. The molecule has 2 aromatic heterocycles. The number of rotatable bonds is 2. The molecule has 11 heteroatoms. The van der Waals surface area contributed by atoms with Crippen LogP contribution in [-0.4, -0.2) is 19.7 Å². The van der Waals surface area contributed by atoms with Crippen molar-refractivity contribution in [3.8, 4) is 5.82 Å². The third-order valence-corrected chi connectivity index (χ3v) is 2.93. The summed E-state index contributed by atoms with van der Waals surface area (Å²) in [6.07, 6.45) is -2.64. The lowest BCUT2D eigenvalue weighted by atomic mass is 10.3. The maximum Gasteiger partial charge on any atom is 0.435 e. The highest BCUT2D eigenvalue weighted by atomic mass is 79.9. The lowest BCUT2D eigenvalue weighted by Crippen LogP contribution is -2.14. The molecule has 2 rings (SSSR count). The van der Waals surface area contributed by atoms with Crippen LogP contribution in [0.4, 0.5) is 18.9 Å². The van der Waals surface area contributed by atoms with Gasteiger partial charge in [-0.25, -0.2) is 0 Å². The van der Waals surface area contributed by atoms with Gasteiger partial charge in [0, 0.05) is 6.20 Å². The second-order valence-electron chi connectivity index (χ2n) is 3.76. The Morgan fingerprint density at radius 2 is 1.90 bits per heavy atom. The van der Waals surface area contributed by atoms with Crippen LogP contribution in [0.25, 0.3) is 5.82 Å². The van der Waals surface area contributed by atoms with E-state index in [1.807, 2.05) is 0 Å². The van der Waals surface area contributed by atoms with E-state index in [2.05, 4.69) is 26.1 Å². The first-order valence-corrected chi connectivity index (χ1v) is 5.97. The molecule has 0 aliphatic heterocycles. The lowest BCUT2D eigenvalue weighted by molar-refractivity contribution is -0.386. The smallest absolute Gasteiger partial charge is 0.299 e. The molecular formula is C10H4BrF3N4O3. The molecule has 0 saturated heterocycles. The van der Waals surface area contributed by atoms with Crippen LogP contribution in [0.3, 0.4) is 0 Å². The van der Waals surface area contributed by atoms with E-state index in [1.54, 1.807) is 0 Å². The van der Waals surface area contributed by atoms with Gasteiger partial charge in [0.2, 0.25) is 0 Å². The van der Waals surface area contributed by atoms with Crippen molar-refractivity contribution >= 4 is 21.6 Å². The van der Waals surface area contributed by atoms with Crippen molar-refractivity contribution in [1.82, 2.24) is 14.8 Å². The standard InChI is InChI=1S/C10H4BrF3N4O3/c11-5-3-17(4-6(9(5)19)18(20)21)8-2-1-7(15-16-8)10(12,13)14/h1-4H. The average molecular weight is 365 g/mol. The molecule has 2 heterocycles. The molecule has 0 unspecified atom stereocenters. The number of halogens is 4. The van der Waals surface area contributed by atoms with E-state index in [-0.39, 0.29) is 10.3 Å². The Morgan fingerprint density at radius 3 is 2.38 bits per heavy atom. The van der Waals surface area contributed by atoms with Crippen LogP contribution in [0.2, 0.25) is 0 Å². The summed E-state index contributed by atoms with van der Waals surface area (Å²) < 4.78 is 38.0. The highest BCUT2D eigenvalue weighted by Crippen LogP contribution is 2.27. The molecule has 21 heavy (non-hydrogen) atoms. The van der Waals surface area contributed by atoms with E-state index in [0.29, 0.717) is 6.07 Å². The van der Waals surface area contributed by atoms with Crippen molar-refractivity contribution < 1.29 is 18.1 Å². The topological polar surface area (TPSA) is 90.9 Å². The number of pyridine rings is 1. The summed E-state index contributed by atoms with van der Waals surface area (Å²) in [5.41, 5.74) is -2.79. The highest BCUT2D eigenvalue weighted by Gasteiger charge is 2.33. The van der Waals surface area contributed by atoms with Gasteiger partial charge < -0.3 is 0 Å². The van der Waals surface area contributed by atoms with E-state index in [1.165, 1.54) is 0 Å². The summed E-state index contributed by atoms with van der Waals surface area (Å²) in [6.45, 7) is 0. The van der Waals surface area contributed by atoms with Crippen molar-refractivity contribution in [2.45, 2.75) is 6.18 Å². The predicted octanol–water partition coefficient (Wildman–Crippen LogP) is 2.32. The molecule has 7 nitrogen and oxygen atoms in total. The highest BCUT2D eigenvalue weighted by molar-refractivity contribution is 9.10. The maximum absolute atomic E-state index is 12.4. The second-order valence-corrected chi connectivity index (χ2v) is 4.61. The van der Waals surface area contributed by atoms with Crippen molar-refractivity contribution in [1.29, 1.82) is 0 Å². The van der Waals surface area contributed by atoms with Crippen molar-refractivity contribution in [2.24, 2.45) is 0 Å². The van der Waals surface area contributed by atoms with Gasteiger partial charge in [-0.1, -0.05) is 0 Å². The SMILES string of the molecule is O=c1c(Br)cn(-c2ccc(C(F)(F)F)nn2)cc1[N+](=O)[O-]. The molecule has 0 aliphatic carbocycles. The molecule has 0 atom stereocenters. The van der Waals surface area contributed by atoms with Gasteiger partial charge in [-0.05, 0) is 28.1 Å². The summed E-state index contributed by atoms with van der Waals surface area (Å²) in [5.74, 6) is -0.105. The fourth-order valence-electron chi connectivity index (χ4n) is 1.41. The zero-order chi connectivity index (χ0) is 15.8. The monoisotopic (exact) mass is 364 g/mol. The van der Waals surface area contributed by atoms with Gasteiger partial charge in [0.1, 0.15) is 0 Å². The third-order valence-electron chi connectivity index (χ3n) is 2.37. The Hall–Kier alpha value is -2.30. The summed E-state index contributed by atoms with van der Waals surface area (Å²) in [5, 5.41) is 17.1. The zero-order valence-corrected chi connectivity index (χ0v) is 11.4. The van der Waals surface area contributed by atoms with E-state index < -0.39 is 27.9 Å². The molecule has 2 aromatic rings. The van der Waals surface area contributed by atoms with Crippen molar-refractivity contribution in [3.63, 3.8) is 0 Å². The van der Waals surface area contributed by atoms with Crippen LogP contribution in [0.5, 0.6) is 0 Å². The van der Waals surface area contributed by atoms with Gasteiger partial charge in [0.05, 0.1) is 15.6 Å². The number of hydrogen-bond acceptors (Lipinski definition) is 5. The number of alkyl halides is 3. The van der Waals surface area contributed by atoms with Gasteiger partial charge in [-0.2, -0.15) is 13.2 Å². The third kappa shape index (κ3) is 3.07. The van der Waals surface area contributed by atoms with E-state index in [9.17, 15) is 28.1 Å². The quantitative estimate of drug-likeness (QED) is 0.602. The molecule has 0 radical (unpaired) electrons. The van der Waals surface area contributed by atoms with Crippen LogP contribution in [-0.2, 0) is 6.18 Å². The molecule has 0 fully saturated rings. The Balaban J connectivity index is 2.52. The number of hydrogen-bond donors (Lipinski definition) is 0. The fourth-order valence-corrected chi connectivity index (χ4v) is 1.83. The minimum absolute atomic E-state index is 0.105. The first-order chi connectivity index (χ1) is 9.70. The molecule has 0 aromatic carbocycles. The normalized spacial score (nSPS) is 11.4. The van der Waals surface area contributed by atoms with Crippen LogP contribution in [0.15, 0.2) is 33.8 Å². The molecule has 0 amide bonds. The van der Waals surface area contributed by atoms with Crippen LogP contribution in [0.1, 0.15) is 5.69 Å². The minimum Gasteiger partial charge on any atom is -0.299 e. The zero-order valence-electron chi connectivity index (χ0n) is 9.83. The van der Waals surface area contributed by atoms with Gasteiger partial charge in [-0.3, -0.25) is 19.5 Å². The predicted molar refractivity (Wildman–Crippen MR) is 67.0 cm³/mol. The first kappa shape index (κ1) is 15.1.